The molecule has 1 aliphatic rings. The summed E-state index contributed by atoms with van der Waals surface area (Å²) in [6.07, 6.45) is 4.13. The van der Waals surface area contributed by atoms with Crippen molar-refractivity contribution >= 4 is 5.69 Å². The Bertz CT molecular complexity index is 788. The molecule has 2 heteroatoms. The van der Waals surface area contributed by atoms with Gasteiger partial charge in [-0.2, -0.15) is 0 Å². The number of benzene rings is 3. The quantitative estimate of drug-likeness (QED) is 0.709. The molecule has 1 saturated heterocycles. The second-order valence-electron chi connectivity index (χ2n) is 7.66. The molecule has 138 valence electrons. The molecule has 0 saturated carbocycles. The van der Waals surface area contributed by atoms with Crippen LogP contribution in [0.2, 0.25) is 0 Å². The third-order valence-electron chi connectivity index (χ3n) is 5.90. The van der Waals surface area contributed by atoms with E-state index in [0.29, 0.717) is 0 Å². The summed E-state index contributed by atoms with van der Waals surface area (Å²) in [6.45, 7) is 1.05. The average Bonchev–Trinajstić information content (AvgIpc) is 2.72. The van der Waals surface area contributed by atoms with Gasteiger partial charge in [0.2, 0.25) is 0 Å². The molecule has 1 atom stereocenters. The second kappa shape index (κ2) is 7.98. The van der Waals surface area contributed by atoms with Gasteiger partial charge in [0.15, 0.2) is 0 Å². The molecule has 0 aromatic heterocycles. The number of hydrogen-bond acceptors (Lipinski definition) is 2. The molecule has 1 aliphatic heterocycles. The summed E-state index contributed by atoms with van der Waals surface area (Å²) in [5.74, 6) is 0. The zero-order valence-electron chi connectivity index (χ0n) is 15.8. The molecule has 0 radical (unpaired) electrons. The van der Waals surface area contributed by atoms with Crippen molar-refractivity contribution in [3.05, 3.63) is 102 Å². The van der Waals surface area contributed by atoms with Gasteiger partial charge in [-0.3, -0.25) is 0 Å². The monoisotopic (exact) mass is 356 g/mol. The number of para-hydroxylation sites is 1. The fraction of sp³-hybridized carbons (Fsp3) is 0.280. The molecule has 3 aromatic rings. The Kier molecular flexibility index (Phi) is 5.26. The summed E-state index contributed by atoms with van der Waals surface area (Å²) >= 11 is 0. The van der Waals surface area contributed by atoms with E-state index in [1.165, 1.54) is 16.8 Å². The van der Waals surface area contributed by atoms with Crippen LogP contribution in [0.25, 0.3) is 0 Å². The van der Waals surface area contributed by atoms with Crippen LogP contribution in [0.4, 0.5) is 5.69 Å². The summed E-state index contributed by atoms with van der Waals surface area (Å²) in [6, 6.07) is 32.6. The number of rotatable bonds is 5. The van der Waals surface area contributed by atoms with E-state index < -0.39 is 0 Å². The summed E-state index contributed by atoms with van der Waals surface area (Å²) in [5, 5.41) is 0. The Balaban J connectivity index is 1.79. The predicted molar refractivity (Wildman–Crippen MR) is 114 cm³/mol. The molecule has 27 heavy (non-hydrogen) atoms. The van der Waals surface area contributed by atoms with Crippen LogP contribution in [0.5, 0.6) is 0 Å². The fourth-order valence-electron chi connectivity index (χ4n) is 4.57. The zero-order valence-corrected chi connectivity index (χ0v) is 15.8. The van der Waals surface area contributed by atoms with Crippen LogP contribution < -0.4 is 10.6 Å². The SMILES string of the molecule is NC1CCCN(c2ccccc2)C1(Cc1ccccc1)Cc1ccccc1. The third-order valence-corrected chi connectivity index (χ3v) is 5.90. The lowest BCUT2D eigenvalue weighted by atomic mass is 9.73. The predicted octanol–water partition coefficient (Wildman–Crippen LogP) is 4.84. The summed E-state index contributed by atoms with van der Waals surface area (Å²) in [7, 11) is 0. The Morgan fingerprint density at radius 3 is 1.74 bits per heavy atom. The van der Waals surface area contributed by atoms with Gasteiger partial charge in [-0.05, 0) is 48.9 Å². The molecule has 1 fully saturated rings. The molecule has 1 unspecified atom stereocenters. The zero-order chi connectivity index (χ0) is 18.5. The van der Waals surface area contributed by atoms with Crippen LogP contribution in [-0.4, -0.2) is 18.1 Å². The van der Waals surface area contributed by atoms with Gasteiger partial charge in [-0.25, -0.2) is 0 Å². The van der Waals surface area contributed by atoms with E-state index in [0.717, 1.165) is 32.2 Å². The van der Waals surface area contributed by atoms with E-state index in [2.05, 4.69) is 95.9 Å². The minimum Gasteiger partial charge on any atom is -0.364 e. The van der Waals surface area contributed by atoms with Crippen LogP contribution in [0.3, 0.4) is 0 Å². The molecule has 3 aromatic carbocycles. The van der Waals surface area contributed by atoms with Crippen molar-refractivity contribution < 1.29 is 0 Å². The lowest BCUT2D eigenvalue weighted by molar-refractivity contribution is 0.258. The highest BCUT2D eigenvalue weighted by Gasteiger charge is 2.44. The van der Waals surface area contributed by atoms with E-state index in [1.807, 2.05) is 0 Å². The van der Waals surface area contributed by atoms with Gasteiger partial charge < -0.3 is 10.6 Å². The number of piperidine rings is 1. The van der Waals surface area contributed by atoms with Crippen molar-refractivity contribution in [2.24, 2.45) is 5.73 Å². The van der Waals surface area contributed by atoms with Crippen molar-refractivity contribution in [3.63, 3.8) is 0 Å². The highest BCUT2D eigenvalue weighted by Crippen LogP contribution is 2.37. The average molecular weight is 357 g/mol. The largest absolute Gasteiger partial charge is 0.364 e. The first-order valence-electron chi connectivity index (χ1n) is 9.94. The maximum absolute atomic E-state index is 6.90. The molecule has 0 spiro atoms. The van der Waals surface area contributed by atoms with E-state index in [-0.39, 0.29) is 11.6 Å². The first-order valence-corrected chi connectivity index (χ1v) is 9.94. The minimum atomic E-state index is -0.123. The van der Waals surface area contributed by atoms with E-state index in [9.17, 15) is 0 Å². The first-order chi connectivity index (χ1) is 13.3. The molecule has 0 amide bonds. The van der Waals surface area contributed by atoms with Crippen LogP contribution in [0, 0.1) is 0 Å². The van der Waals surface area contributed by atoms with Gasteiger partial charge in [0.05, 0.1) is 5.54 Å². The second-order valence-corrected chi connectivity index (χ2v) is 7.66. The highest BCUT2D eigenvalue weighted by atomic mass is 15.2. The normalized spacial score (nSPS) is 19.0. The Labute approximate surface area is 162 Å². The van der Waals surface area contributed by atoms with Gasteiger partial charge in [0.25, 0.3) is 0 Å². The first kappa shape index (κ1) is 17.8. The molecule has 2 N–H and O–H groups in total. The molecule has 1 heterocycles. The lowest BCUT2D eigenvalue weighted by Gasteiger charge is -2.53. The lowest BCUT2D eigenvalue weighted by Crippen LogP contribution is -2.66. The summed E-state index contributed by atoms with van der Waals surface area (Å²) in [4.78, 5) is 2.58. The topological polar surface area (TPSA) is 29.3 Å². The fourth-order valence-corrected chi connectivity index (χ4v) is 4.57. The van der Waals surface area contributed by atoms with Gasteiger partial charge in [0, 0.05) is 18.3 Å². The number of anilines is 1. The molecular weight excluding hydrogens is 328 g/mol. The van der Waals surface area contributed by atoms with Crippen LogP contribution in [-0.2, 0) is 12.8 Å². The van der Waals surface area contributed by atoms with Gasteiger partial charge >= 0.3 is 0 Å². The molecule has 0 bridgehead atoms. The van der Waals surface area contributed by atoms with Crippen molar-refractivity contribution in [2.45, 2.75) is 37.3 Å². The van der Waals surface area contributed by atoms with Crippen LogP contribution in [0.1, 0.15) is 24.0 Å². The van der Waals surface area contributed by atoms with E-state index in [1.54, 1.807) is 0 Å². The summed E-state index contributed by atoms with van der Waals surface area (Å²) < 4.78 is 0. The van der Waals surface area contributed by atoms with Gasteiger partial charge in [-0.15, -0.1) is 0 Å². The van der Waals surface area contributed by atoms with Gasteiger partial charge in [-0.1, -0.05) is 78.9 Å². The van der Waals surface area contributed by atoms with Gasteiger partial charge in [0.1, 0.15) is 0 Å². The molecule has 0 aliphatic carbocycles. The molecular formula is C25H28N2. The van der Waals surface area contributed by atoms with Crippen molar-refractivity contribution in [1.29, 1.82) is 0 Å². The Morgan fingerprint density at radius 2 is 1.22 bits per heavy atom. The minimum absolute atomic E-state index is 0.123. The van der Waals surface area contributed by atoms with Crippen LogP contribution >= 0.6 is 0 Å². The standard InChI is InChI=1S/C25H28N2/c26-24-17-10-18-27(23-15-8-3-9-16-23)25(24,19-21-11-4-1-5-12-21)20-22-13-6-2-7-14-22/h1-9,11-16,24H,10,17-20,26H2. The Hall–Kier alpha value is -2.58. The van der Waals surface area contributed by atoms with Crippen molar-refractivity contribution in [1.82, 2.24) is 0 Å². The summed E-state index contributed by atoms with van der Waals surface area (Å²) in [5.41, 5.74) is 10.8. The number of nitrogens with zero attached hydrogens (tertiary/aromatic N) is 1. The maximum atomic E-state index is 6.90. The highest BCUT2D eigenvalue weighted by molar-refractivity contribution is 5.52. The van der Waals surface area contributed by atoms with Crippen molar-refractivity contribution in [2.75, 3.05) is 11.4 Å². The number of hydrogen-bond donors (Lipinski definition) is 1. The molecule has 4 rings (SSSR count). The van der Waals surface area contributed by atoms with Crippen LogP contribution in [0.15, 0.2) is 91.0 Å². The van der Waals surface area contributed by atoms with Crippen molar-refractivity contribution in [3.8, 4) is 0 Å². The maximum Gasteiger partial charge on any atom is 0.0633 e. The smallest absolute Gasteiger partial charge is 0.0633 e. The van der Waals surface area contributed by atoms with E-state index in [4.69, 9.17) is 5.73 Å². The third kappa shape index (κ3) is 3.77. The van der Waals surface area contributed by atoms with E-state index >= 15 is 0 Å². The number of nitrogens with two attached hydrogens (primary N) is 1. The Morgan fingerprint density at radius 1 is 0.741 bits per heavy atom. The molecule has 2 nitrogen and oxygen atoms in total.